The van der Waals surface area contributed by atoms with Crippen molar-refractivity contribution >= 4 is 29.1 Å². The summed E-state index contributed by atoms with van der Waals surface area (Å²) in [4.78, 5) is 24.8. The lowest BCUT2D eigenvalue weighted by Gasteiger charge is -2.10. The van der Waals surface area contributed by atoms with Crippen LogP contribution >= 0.6 is 11.6 Å². The highest BCUT2D eigenvalue weighted by atomic mass is 35.5. The lowest BCUT2D eigenvalue weighted by molar-refractivity contribution is -0.136. The van der Waals surface area contributed by atoms with Crippen molar-refractivity contribution in [2.24, 2.45) is 5.10 Å². The highest BCUT2D eigenvalue weighted by molar-refractivity contribution is 6.30. The van der Waals surface area contributed by atoms with Gasteiger partial charge in [0.25, 0.3) is 0 Å². The second-order valence-corrected chi connectivity index (χ2v) is 6.66. The number of ketones is 1. The fraction of sp³-hybridized carbons (Fsp3) is 0.0417. The average molecular weight is 419 g/mol. The van der Waals surface area contributed by atoms with Crippen LogP contribution in [0.2, 0.25) is 5.02 Å². The van der Waals surface area contributed by atoms with Gasteiger partial charge in [0.2, 0.25) is 0 Å². The van der Waals surface area contributed by atoms with Crippen LogP contribution in [0.1, 0.15) is 21.5 Å². The third-order valence-corrected chi connectivity index (χ3v) is 4.44. The first-order valence-corrected chi connectivity index (χ1v) is 9.50. The molecule has 0 aliphatic carbocycles. The van der Waals surface area contributed by atoms with E-state index in [1.165, 1.54) is 7.11 Å². The lowest BCUT2D eigenvalue weighted by atomic mass is 10.0. The maximum atomic E-state index is 12.6. The highest BCUT2D eigenvalue weighted by Gasteiger charge is 2.14. The van der Waals surface area contributed by atoms with Gasteiger partial charge in [0.05, 0.1) is 12.8 Å². The van der Waals surface area contributed by atoms with E-state index in [1.54, 1.807) is 24.3 Å². The summed E-state index contributed by atoms with van der Waals surface area (Å²) in [5, 5.41) is 4.93. The van der Waals surface area contributed by atoms with Gasteiger partial charge in [-0.1, -0.05) is 72.3 Å². The van der Waals surface area contributed by atoms with E-state index >= 15 is 0 Å². The Labute approximate surface area is 179 Å². The molecule has 0 fully saturated rings. The Morgan fingerprint density at radius 3 is 1.87 bits per heavy atom. The summed E-state index contributed by atoms with van der Waals surface area (Å²) in [6.45, 7) is 0. The summed E-state index contributed by atoms with van der Waals surface area (Å²) in [5.41, 5.74) is 5.33. The molecule has 0 saturated heterocycles. The number of hydrogen-bond acceptors (Lipinski definition) is 5. The van der Waals surface area contributed by atoms with E-state index < -0.39 is 5.97 Å². The Kier molecular flexibility index (Phi) is 7.14. The van der Waals surface area contributed by atoms with Gasteiger partial charge >= 0.3 is 5.97 Å². The summed E-state index contributed by atoms with van der Waals surface area (Å²) < 4.78 is 4.80. The molecule has 0 heterocycles. The van der Waals surface area contributed by atoms with Crippen molar-refractivity contribution < 1.29 is 14.3 Å². The fourth-order valence-electron chi connectivity index (χ4n) is 2.68. The molecular weight excluding hydrogens is 400 g/mol. The van der Waals surface area contributed by atoms with Crippen molar-refractivity contribution in [1.82, 2.24) is 5.43 Å². The molecule has 0 atom stereocenters. The molecule has 0 aliphatic heterocycles. The predicted molar refractivity (Wildman–Crippen MR) is 118 cm³/mol. The molecule has 150 valence electrons. The second-order valence-electron chi connectivity index (χ2n) is 6.23. The maximum Gasteiger partial charge on any atom is 0.356 e. The van der Waals surface area contributed by atoms with Crippen LogP contribution in [0.15, 0.2) is 102 Å². The molecule has 5 nitrogen and oxygen atoms in total. The fourth-order valence-corrected chi connectivity index (χ4v) is 2.81. The van der Waals surface area contributed by atoms with Gasteiger partial charge in [-0.3, -0.25) is 10.2 Å². The van der Waals surface area contributed by atoms with Crippen LogP contribution in [0, 0.1) is 0 Å². The minimum atomic E-state index is -0.707. The summed E-state index contributed by atoms with van der Waals surface area (Å²) >= 11 is 5.87. The van der Waals surface area contributed by atoms with Crippen LogP contribution < -0.4 is 5.43 Å². The number of benzene rings is 3. The summed E-state index contributed by atoms with van der Waals surface area (Å²) in [5.74, 6) is -1.09. The lowest BCUT2D eigenvalue weighted by Crippen LogP contribution is -2.21. The van der Waals surface area contributed by atoms with Gasteiger partial charge in [0, 0.05) is 27.8 Å². The molecule has 3 rings (SSSR count). The Bertz CT molecular complexity index is 1030. The molecule has 0 radical (unpaired) electrons. The number of carbonyl (C=O) groups excluding carboxylic acids is 2. The number of hydrazone groups is 1. The van der Waals surface area contributed by atoms with E-state index in [0.29, 0.717) is 16.3 Å². The van der Waals surface area contributed by atoms with E-state index in [0.717, 1.165) is 17.2 Å². The molecule has 0 bridgehead atoms. The molecule has 0 aromatic heterocycles. The first-order valence-electron chi connectivity index (χ1n) is 9.13. The van der Waals surface area contributed by atoms with Crippen molar-refractivity contribution in [3.63, 3.8) is 0 Å². The molecule has 0 amide bonds. The third-order valence-electron chi connectivity index (χ3n) is 4.19. The van der Waals surface area contributed by atoms with E-state index in [4.69, 9.17) is 16.3 Å². The number of nitrogens with one attached hydrogen (secondary N) is 1. The number of halogens is 1. The molecule has 0 aliphatic rings. The molecular formula is C24H19ClN2O3. The van der Waals surface area contributed by atoms with Gasteiger partial charge in [0.1, 0.15) is 5.70 Å². The molecule has 0 spiro atoms. The summed E-state index contributed by atoms with van der Waals surface area (Å²) in [7, 11) is 1.24. The predicted octanol–water partition coefficient (Wildman–Crippen LogP) is 4.62. The van der Waals surface area contributed by atoms with Crippen LogP contribution in [0.4, 0.5) is 0 Å². The first-order chi connectivity index (χ1) is 14.6. The second kappa shape index (κ2) is 10.2. The quantitative estimate of drug-likeness (QED) is 0.200. The van der Waals surface area contributed by atoms with Crippen LogP contribution in [0.3, 0.4) is 0 Å². The number of nitrogens with zero attached hydrogens (tertiary/aromatic N) is 1. The Balaban J connectivity index is 1.96. The molecule has 3 aromatic rings. The smallest absolute Gasteiger partial charge is 0.356 e. The van der Waals surface area contributed by atoms with Crippen molar-refractivity contribution in [2.45, 2.75) is 0 Å². The minimum absolute atomic E-state index is 0.0817. The molecule has 30 heavy (non-hydrogen) atoms. The van der Waals surface area contributed by atoms with Crippen LogP contribution in [-0.2, 0) is 9.53 Å². The zero-order valence-corrected chi connectivity index (χ0v) is 17.0. The van der Waals surface area contributed by atoms with Crippen LogP contribution in [0.5, 0.6) is 0 Å². The number of allylic oxidation sites excluding steroid dienone is 1. The minimum Gasteiger partial charge on any atom is -0.464 e. The highest BCUT2D eigenvalue weighted by Crippen LogP contribution is 2.13. The molecule has 1 N–H and O–H groups in total. The Hall–Kier alpha value is -3.70. The number of carbonyl (C=O) groups is 2. The number of methoxy groups -OCH3 is 1. The van der Waals surface area contributed by atoms with Crippen molar-refractivity contribution in [2.75, 3.05) is 7.11 Å². The van der Waals surface area contributed by atoms with Gasteiger partial charge in [-0.2, -0.15) is 5.10 Å². The van der Waals surface area contributed by atoms with Crippen molar-refractivity contribution in [3.05, 3.63) is 118 Å². The maximum absolute atomic E-state index is 12.6. The first kappa shape index (κ1) is 21.0. The zero-order valence-electron chi connectivity index (χ0n) is 16.2. The molecule has 3 aromatic carbocycles. The zero-order chi connectivity index (χ0) is 21.3. The third kappa shape index (κ3) is 5.43. The van der Waals surface area contributed by atoms with Gasteiger partial charge in [-0.05, 0) is 24.3 Å². The average Bonchev–Trinajstić information content (AvgIpc) is 2.79. The van der Waals surface area contributed by atoms with E-state index in [1.807, 2.05) is 60.7 Å². The Morgan fingerprint density at radius 1 is 0.833 bits per heavy atom. The number of ether oxygens (including phenoxy) is 1. The van der Waals surface area contributed by atoms with Crippen LogP contribution in [-0.4, -0.2) is 24.6 Å². The van der Waals surface area contributed by atoms with Gasteiger partial charge < -0.3 is 4.74 Å². The monoisotopic (exact) mass is 418 g/mol. The van der Waals surface area contributed by atoms with Gasteiger partial charge in [-0.25, -0.2) is 4.79 Å². The molecule has 6 heteroatoms. The van der Waals surface area contributed by atoms with Gasteiger partial charge in [-0.15, -0.1) is 0 Å². The van der Waals surface area contributed by atoms with Crippen molar-refractivity contribution in [1.29, 1.82) is 0 Å². The summed E-state index contributed by atoms with van der Waals surface area (Å²) in [6.07, 6.45) is 1.16. The number of rotatable bonds is 7. The van der Waals surface area contributed by atoms with Crippen molar-refractivity contribution in [3.8, 4) is 0 Å². The van der Waals surface area contributed by atoms with Gasteiger partial charge in [0.15, 0.2) is 5.78 Å². The number of hydrogen-bond donors (Lipinski definition) is 1. The largest absolute Gasteiger partial charge is 0.464 e. The Morgan fingerprint density at radius 2 is 1.37 bits per heavy atom. The SMILES string of the molecule is COC(=O)/C(=C/C(=O)c1ccc(Cl)cc1)NN=C(c1ccccc1)c1ccccc1. The topological polar surface area (TPSA) is 67.8 Å². The van der Waals surface area contributed by atoms with Crippen LogP contribution in [0.25, 0.3) is 0 Å². The standard InChI is InChI=1S/C24H19ClN2O3/c1-30-24(29)21(16-22(28)17-12-14-20(25)15-13-17)26-27-23(18-8-4-2-5-9-18)19-10-6-3-7-11-19/h2-16,26H,1H3/b21-16-. The molecule has 0 saturated carbocycles. The molecule has 0 unspecified atom stereocenters. The van der Waals surface area contributed by atoms with E-state index in [-0.39, 0.29) is 11.5 Å². The summed E-state index contributed by atoms with van der Waals surface area (Å²) in [6, 6.07) is 25.4. The van der Waals surface area contributed by atoms with E-state index in [9.17, 15) is 9.59 Å². The number of esters is 1. The normalized spacial score (nSPS) is 10.8. The van der Waals surface area contributed by atoms with E-state index in [2.05, 4.69) is 10.5 Å².